The molecule has 2 unspecified atom stereocenters. The molecule has 1 aliphatic heterocycles. The molecule has 0 aliphatic carbocycles. The third-order valence-electron chi connectivity index (χ3n) is 3.39. The number of piperidine rings is 1. The van der Waals surface area contributed by atoms with Crippen molar-refractivity contribution in [1.82, 2.24) is 19.7 Å². The minimum atomic E-state index is -0.913. The van der Waals surface area contributed by atoms with Crippen molar-refractivity contribution < 1.29 is 9.90 Å². The topological polar surface area (TPSA) is 91.2 Å². The number of aromatic amines is 1. The van der Waals surface area contributed by atoms with Crippen molar-refractivity contribution in [2.75, 3.05) is 25.9 Å². The van der Waals surface area contributed by atoms with Crippen LogP contribution in [0.25, 0.3) is 0 Å². The van der Waals surface area contributed by atoms with Gasteiger partial charge in [-0.05, 0) is 25.9 Å². The van der Waals surface area contributed by atoms with Gasteiger partial charge in [-0.3, -0.25) is 9.36 Å². The fourth-order valence-corrected chi connectivity index (χ4v) is 3.26. The van der Waals surface area contributed by atoms with E-state index in [1.165, 1.54) is 0 Å². The highest BCUT2D eigenvalue weighted by Gasteiger charge is 2.29. The summed E-state index contributed by atoms with van der Waals surface area (Å²) in [4.78, 5) is 24.7. The molecule has 19 heavy (non-hydrogen) atoms. The van der Waals surface area contributed by atoms with E-state index in [-0.39, 0.29) is 17.5 Å². The molecule has 106 valence electrons. The SMILES string of the molecule is CC1CN(C)CCC1n1c(SCC(=O)O)n[nH]c1=O. The maximum absolute atomic E-state index is 11.9. The zero-order valence-corrected chi connectivity index (χ0v) is 11.8. The summed E-state index contributed by atoms with van der Waals surface area (Å²) >= 11 is 1.08. The molecule has 0 aromatic carbocycles. The second-order valence-corrected chi connectivity index (χ2v) is 5.90. The van der Waals surface area contributed by atoms with E-state index in [1.54, 1.807) is 4.57 Å². The van der Waals surface area contributed by atoms with Crippen LogP contribution in [0.3, 0.4) is 0 Å². The Hall–Kier alpha value is -1.28. The quantitative estimate of drug-likeness (QED) is 0.772. The molecule has 2 N–H and O–H groups in total. The smallest absolute Gasteiger partial charge is 0.344 e. The second-order valence-electron chi connectivity index (χ2n) is 4.96. The Kier molecular flexibility index (Phi) is 4.31. The van der Waals surface area contributed by atoms with Gasteiger partial charge in [0.25, 0.3) is 0 Å². The maximum atomic E-state index is 11.9. The zero-order valence-electron chi connectivity index (χ0n) is 11.0. The van der Waals surface area contributed by atoms with Crippen molar-refractivity contribution in [3.63, 3.8) is 0 Å². The highest BCUT2D eigenvalue weighted by atomic mass is 32.2. The van der Waals surface area contributed by atoms with Gasteiger partial charge in [0.2, 0.25) is 0 Å². The number of H-pyrrole nitrogens is 1. The Morgan fingerprint density at radius 3 is 3.00 bits per heavy atom. The van der Waals surface area contributed by atoms with Gasteiger partial charge in [0.1, 0.15) is 0 Å². The third kappa shape index (κ3) is 3.19. The summed E-state index contributed by atoms with van der Waals surface area (Å²) in [7, 11) is 2.06. The van der Waals surface area contributed by atoms with Crippen LogP contribution >= 0.6 is 11.8 Å². The summed E-state index contributed by atoms with van der Waals surface area (Å²) in [6.45, 7) is 3.95. The van der Waals surface area contributed by atoms with Crippen molar-refractivity contribution in [2.24, 2.45) is 5.92 Å². The van der Waals surface area contributed by atoms with Crippen LogP contribution in [0.15, 0.2) is 9.95 Å². The molecule has 0 saturated carbocycles. The molecular formula is C11H18N4O3S. The molecule has 2 rings (SSSR count). The van der Waals surface area contributed by atoms with Gasteiger partial charge in [-0.1, -0.05) is 18.7 Å². The lowest BCUT2D eigenvalue weighted by molar-refractivity contribution is -0.133. The number of nitrogens with zero attached hydrogens (tertiary/aromatic N) is 3. The van der Waals surface area contributed by atoms with E-state index in [0.29, 0.717) is 11.1 Å². The molecule has 0 bridgehead atoms. The van der Waals surface area contributed by atoms with Gasteiger partial charge < -0.3 is 10.0 Å². The van der Waals surface area contributed by atoms with Crippen LogP contribution in [0.4, 0.5) is 0 Å². The lowest BCUT2D eigenvalue weighted by atomic mass is 9.94. The molecule has 0 radical (unpaired) electrons. The maximum Gasteiger partial charge on any atom is 0.344 e. The first-order valence-electron chi connectivity index (χ1n) is 6.19. The van der Waals surface area contributed by atoms with Crippen LogP contribution in [-0.2, 0) is 4.79 Å². The van der Waals surface area contributed by atoms with Gasteiger partial charge in [0.05, 0.1) is 5.75 Å². The zero-order chi connectivity index (χ0) is 14.0. The van der Waals surface area contributed by atoms with Gasteiger partial charge in [-0.25, -0.2) is 9.89 Å². The van der Waals surface area contributed by atoms with Gasteiger partial charge in [-0.15, -0.1) is 5.10 Å². The van der Waals surface area contributed by atoms with Gasteiger partial charge in [0, 0.05) is 12.6 Å². The number of hydrogen-bond acceptors (Lipinski definition) is 5. The fraction of sp³-hybridized carbons (Fsp3) is 0.727. The first-order valence-corrected chi connectivity index (χ1v) is 7.17. The largest absolute Gasteiger partial charge is 0.481 e. The standard InChI is InChI=1S/C11H18N4O3S/c1-7-5-14(2)4-3-8(7)15-10(18)12-13-11(15)19-6-9(16)17/h7-8H,3-6H2,1-2H3,(H,12,18)(H,16,17). The van der Waals surface area contributed by atoms with E-state index in [9.17, 15) is 9.59 Å². The molecule has 0 amide bonds. The Balaban J connectivity index is 2.21. The number of carboxylic acid groups (broad SMARTS) is 1. The number of aromatic nitrogens is 3. The van der Waals surface area contributed by atoms with Crippen molar-refractivity contribution in [3.8, 4) is 0 Å². The molecule has 1 aromatic rings. The molecule has 1 aliphatic rings. The van der Waals surface area contributed by atoms with Crippen LogP contribution in [0, 0.1) is 5.92 Å². The van der Waals surface area contributed by atoms with Crippen LogP contribution in [0.1, 0.15) is 19.4 Å². The van der Waals surface area contributed by atoms with Crippen molar-refractivity contribution >= 4 is 17.7 Å². The number of likely N-dealkylation sites (tertiary alicyclic amines) is 1. The highest BCUT2D eigenvalue weighted by molar-refractivity contribution is 7.99. The first kappa shape index (κ1) is 14.1. The average molecular weight is 286 g/mol. The molecule has 7 nitrogen and oxygen atoms in total. The predicted molar refractivity (Wildman–Crippen MR) is 71.5 cm³/mol. The van der Waals surface area contributed by atoms with E-state index in [2.05, 4.69) is 29.1 Å². The molecule has 1 aromatic heterocycles. The molecule has 2 atom stereocenters. The number of rotatable bonds is 4. The van der Waals surface area contributed by atoms with E-state index < -0.39 is 5.97 Å². The summed E-state index contributed by atoms with van der Waals surface area (Å²) in [5, 5.41) is 15.5. The number of carboxylic acids is 1. The minimum Gasteiger partial charge on any atom is -0.481 e. The van der Waals surface area contributed by atoms with Gasteiger partial charge >= 0.3 is 11.7 Å². The summed E-state index contributed by atoms with van der Waals surface area (Å²) in [6.07, 6.45) is 0.873. The van der Waals surface area contributed by atoms with Crippen molar-refractivity contribution in [3.05, 3.63) is 10.5 Å². The average Bonchev–Trinajstić information content (AvgIpc) is 2.68. The summed E-state index contributed by atoms with van der Waals surface area (Å²) in [5.41, 5.74) is -0.255. The first-order chi connectivity index (χ1) is 8.99. The molecule has 1 fully saturated rings. The molecular weight excluding hydrogens is 268 g/mol. The summed E-state index contributed by atoms with van der Waals surface area (Å²) in [5.74, 6) is -0.674. The van der Waals surface area contributed by atoms with Crippen LogP contribution < -0.4 is 5.69 Å². The van der Waals surface area contributed by atoms with E-state index >= 15 is 0 Å². The van der Waals surface area contributed by atoms with Crippen molar-refractivity contribution in [2.45, 2.75) is 24.5 Å². The summed E-state index contributed by atoms with van der Waals surface area (Å²) in [6, 6.07) is 0.0822. The lowest BCUT2D eigenvalue weighted by Gasteiger charge is -2.35. The van der Waals surface area contributed by atoms with E-state index in [0.717, 1.165) is 31.3 Å². The second kappa shape index (κ2) is 5.79. The fourth-order valence-electron chi connectivity index (χ4n) is 2.54. The van der Waals surface area contributed by atoms with E-state index in [4.69, 9.17) is 5.11 Å². The Morgan fingerprint density at radius 1 is 1.63 bits per heavy atom. The number of carbonyl (C=O) groups is 1. The van der Waals surface area contributed by atoms with Crippen LogP contribution in [0.5, 0.6) is 0 Å². The highest BCUT2D eigenvalue weighted by Crippen LogP contribution is 2.29. The minimum absolute atomic E-state index is 0.0822. The number of aliphatic carboxylic acids is 1. The number of nitrogens with one attached hydrogen (secondary N) is 1. The number of thioether (sulfide) groups is 1. The van der Waals surface area contributed by atoms with Crippen LogP contribution in [-0.4, -0.2) is 56.6 Å². The monoisotopic (exact) mass is 286 g/mol. The normalized spacial score (nSPS) is 24.5. The van der Waals surface area contributed by atoms with Crippen molar-refractivity contribution in [1.29, 1.82) is 0 Å². The van der Waals surface area contributed by atoms with E-state index in [1.807, 2.05) is 0 Å². The Labute approximate surface area is 115 Å². The molecule has 1 saturated heterocycles. The lowest BCUT2D eigenvalue weighted by Crippen LogP contribution is -2.40. The van der Waals surface area contributed by atoms with Gasteiger partial charge in [-0.2, -0.15) is 0 Å². The number of hydrogen-bond donors (Lipinski definition) is 2. The van der Waals surface area contributed by atoms with Crippen LogP contribution in [0.2, 0.25) is 0 Å². The Bertz CT molecular complexity index is 512. The van der Waals surface area contributed by atoms with Gasteiger partial charge in [0.15, 0.2) is 5.16 Å². The molecule has 2 heterocycles. The summed E-state index contributed by atoms with van der Waals surface area (Å²) < 4.78 is 1.62. The third-order valence-corrected chi connectivity index (χ3v) is 4.33. The predicted octanol–water partition coefficient (Wildman–Crippen LogP) is 0.261. The Morgan fingerprint density at radius 2 is 2.37 bits per heavy atom. The molecule has 8 heteroatoms. The molecule has 0 spiro atoms.